The fraction of sp³-hybridized carbons (Fsp3) is 0.647. The number of hydrogen-bond acceptors (Lipinski definition) is 2. The van der Waals surface area contributed by atoms with Gasteiger partial charge in [0.15, 0.2) is 0 Å². The molecule has 21 heavy (non-hydrogen) atoms. The zero-order valence-corrected chi connectivity index (χ0v) is 13.7. The van der Waals surface area contributed by atoms with Crippen LogP contribution in [0, 0.1) is 23.6 Å². The summed E-state index contributed by atoms with van der Waals surface area (Å²) in [5, 5.41) is 0.187. The summed E-state index contributed by atoms with van der Waals surface area (Å²) < 4.78 is 14.0. The van der Waals surface area contributed by atoms with Gasteiger partial charge < -0.3 is 0 Å². The molecule has 0 saturated heterocycles. The normalized spacial score (nSPS) is 24.3. The number of nitrogens with one attached hydrogen (secondary N) is 1. The van der Waals surface area contributed by atoms with E-state index in [0.717, 1.165) is 11.8 Å². The van der Waals surface area contributed by atoms with E-state index in [2.05, 4.69) is 19.3 Å². The van der Waals surface area contributed by atoms with Gasteiger partial charge in [0, 0.05) is 6.04 Å². The maximum absolute atomic E-state index is 14.0. The van der Waals surface area contributed by atoms with Gasteiger partial charge in [-0.1, -0.05) is 37.6 Å². The largest absolute Gasteiger partial charge is 0.271 e. The Balaban J connectivity index is 1.99. The highest BCUT2D eigenvalue weighted by Gasteiger charge is 2.29. The second-order valence-corrected chi connectivity index (χ2v) is 7.02. The first-order valence-corrected chi connectivity index (χ1v) is 8.29. The van der Waals surface area contributed by atoms with E-state index in [9.17, 15) is 4.39 Å². The van der Waals surface area contributed by atoms with Crippen molar-refractivity contribution in [3.63, 3.8) is 0 Å². The molecule has 2 nitrogen and oxygen atoms in total. The Hall–Kier alpha value is -0.640. The van der Waals surface area contributed by atoms with Crippen LogP contribution in [0.2, 0.25) is 5.02 Å². The van der Waals surface area contributed by atoms with E-state index in [4.69, 9.17) is 17.4 Å². The highest BCUT2D eigenvalue weighted by molar-refractivity contribution is 6.30. The van der Waals surface area contributed by atoms with Crippen molar-refractivity contribution in [2.24, 2.45) is 23.6 Å². The lowest BCUT2D eigenvalue weighted by atomic mass is 9.74. The number of hydrogen-bond donors (Lipinski definition) is 2. The summed E-state index contributed by atoms with van der Waals surface area (Å²) in [6.45, 7) is 4.59. The maximum atomic E-state index is 14.0. The van der Waals surface area contributed by atoms with Crippen LogP contribution < -0.4 is 11.3 Å². The van der Waals surface area contributed by atoms with Gasteiger partial charge in [-0.05, 0) is 61.5 Å². The van der Waals surface area contributed by atoms with Crippen LogP contribution in [-0.2, 0) is 6.42 Å². The molecule has 1 saturated carbocycles. The third-order valence-electron chi connectivity index (χ3n) is 5.01. The molecule has 0 heterocycles. The predicted octanol–water partition coefficient (Wildman–Crippen LogP) is 4.32. The number of rotatable bonds is 5. The zero-order valence-electron chi connectivity index (χ0n) is 12.9. The van der Waals surface area contributed by atoms with E-state index in [1.54, 1.807) is 18.2 Å². The van der Waals surface area contributed by atoms with E-state index >= 15 is 0 Å². The number of halogens is 2. The Morgan fingerprint density at radius 1 is 1.24 bits per heavy atom. The van der Waals surface area contributed by atoms with Crippen molar-refractivity contribution >= 4 is 11.6 Å². The molecule has 0 aliphatic heterocycles. The first kappa shape index (κ1) is 16.7. The van der Waals surface area contributed by atoms with E-state index < -0.39 is 0 Å². The summed E-state index contributed by atoms with van der Waals surface area (Å²) in [5.74, 6) is 7.51. The lowest BCUT2D eigenvalue weighted by Gasteiger charge is -2.35. The minimum absolute atomic E-state index is 0.117. The molecular weight excluding hydrogens is 287 g/mol. The smallest absolute Gasteiger partial charge is 0.145 e. The Kier molecular flexibility index (Phi) is 6.03. The van der Waals surface area contributed by atoms with Crippen LogP contribution in [0.5, 0.6) is 0 Å². The van der Waals surface area contributed by atoms with E-state index in [0.29, 0.717) is 17.9 Å². The third-order valence-corrected chi connectivity index (χ3v) is 5.31. The molecule has 0 amide bonds. The lowest BCUT2D eigenvalue weighted by molar-refractivity contribution is 0.187. The van der Waals surface area contributed by atoms with Crippen LogP contribution >= 0.6 is 11.6 Å². The fourth-order valence-corrected chi connectivity index (χ4v) is 3.71. The zero-order chi connectivity index (χ0) is 15.4. The number of nitrogens with two attached hydrogens (primary N) is 1. The van der Waals surface area contributed by atoms with Gasteiger partial charge in [0.25, 0.3) is 0 Å². The van der Waals surface area contributed by atoms with Crippen LogP contribution in [0.1, 0.15) is 45.1 Å². The van der Waals surface area contributed by atoms with Gasteiger partial charge in [-0.15, -0.1) is 0 Å². The summed E-state index contributed by atoms with van der Waals surface area (Å²) in [6.07, 6.45) is 5.43. The minimum atomic E-state index is -0.310. The van der Waals surface area contributed by atoms with Crippen molar-refractivity contribution in [1.82, 2.24) is 5.43 Å². The molecule has 1 atom stereocenters. The Bertz CT molecular complexity index is 456. The van der Waals surface area contributed by atoms with Crippen LogP contribution in [0.25, 0.3) is 0 Å². The molecule has 1 aromatic carbocycles. The topological polar surface area (TPSA) is 38.0 Å². The molecule has 4 heteroatoms. The van der Waals surface area contributed by atoms with Gasteiger partial charge in [-0.3, -0.25) is 11.3 Å². The van der Waals surface area contributed by atoms with Gasteiger partial charge in [0.2, 0.25) is 0 Å². The third kappa shape index (κ3) is 4.18. The number of hydrazine groups is 1. The fourth-order valence-electron chi connectivity index (χ4n) is 3.52. The molecule has 0 radical (unpaired) electrons. The Morgan fingerprint density at radius 3 is 2.43 bits per heavy atom. The van der Waals surface area contributed by atoms with Crippen molar-refractivity contribution < 1.29 is 4.39 Å². The van der Waals surface area contributed by atoms with Crippen molar-refractivity contribution in [3.8, 4) is 0 Å². The molecule has 1 fully saturated rings. The van der Waals surface area contributed by atoms with Crippen molar-refractivity contribution in [1.29, 1.82) is 0 Å². The van der Waals surface area contributed by atoms with Crippen molar-refractivity contribution in [2.45, 2.75) is 52.0 Å². The van der Waals surface area contributed by atoms with Crippen LogP contribution in [0.3, 0.4) is 0 Å². The summed E-state index contributed by atoms with van der Waals surface area (Å²) in [6, 6.07) is 5.29. The van der Waals surface area contributed by atoms with Crippen molar-refractivity contribution in [2.75, 3.05) is 0 Å². The molecular formula is C17H26ClFN2. The predicted molar refractivity (Wildman–Crippen MR) is 86.5 cm³/mol. The Labute approximate surface area is 132 Å². The highest BCUT2D eigenvalue weighted by Crippen LogP contribution is 2.35. The van der Waals surface area contributed by atoms with Crippen molar-refractivity contribution in [3.05, 3.63) is 34.6 Å². The van der Waals surface area contributed by atoms with Gasteiger partial charge in [0.1, 0.15) is 5.82 Å². The van der Waals surface area contributed by atoms with E-state index in [-0.39, 0.29) is 16.9 Å². The van der Waals surface area contributed by atoms with Gasteiger partial charge in [-0.25, -0.2) is 4.39 Å². The molecule has 0 bridgehead atoms. The van der Waals surface area contributed by atoms with Crippen LogP contribution in [0.4, 0.5) is 4.39 Å². The quantitative estimate of drug-likeness (QED) is 0.628. The van der Waals surface area contributed by atoms with Gasteiger partial charge >= 0.3 is 0 Å². The molecule has 1 aromatic rings. The summed E-state index contributed by atoms with van der Waals surface area (Å²) >= 11 is 5.85. The summed E-state index contributed by atoms with van der Waals surface area (Å²) in [5.41, 5.74) is 3.55. The van der Waals surface area contributed by atoms with Crippen LogP contribution in [-0.4, -0.2) is 6.04 Å². The maximum Gasteiger partial charge on any atom is 0.145 e. The Morgan fingerprint density at radius 2 is 1.86 bits per heavy atom. The minimum Gasteiger partial charge on any atom is -0.271 e. The molecule has 1 aliphatic carbocycles. The summed E-state index contributed by atoms with van der Waals surface area (Å²) in [7, 11) is 0. The highest BCUT2D eigenvalue weighted by atomic mass is 35.5. The van der Waals surface area contributed by atoms with E-state index in [1.807, 2.05) is 0 Å². The molecule has 0 aromatic heterocycles. The molecule has 0 spiro atoms. The standard InChI is InChI=1S/C17H26ClFN2/c1-11(2)12-6-8-13(9-7-12)16(21-20)10-14-4-3-5-15(18)17(14)19/h3-5,11-13,16,21H,6-10,20H2,1-2H3. The molecule has 2 rings (SSSR count). The van der Waals surface area contributed by atoms with E-state index in [1.165, 1.54) is 25.7 Å². The SMILES string of the molecule is CC(C)C1CCC(C(Cc2cccc(Cl)c2F)NN)CC1. The second-order valence-electron chi connectivity index (χ2n) is 6.61. The molecule has 1 aliphatic rings. The number of benzene rings is 1. The van der Waals surface area contributed by atoms with Crippen LogP contribution in [0.15, 0.2) is 18.2 Å². The first-order chi connectivity index (χ1) is 10.0. The first-order valence-electron chi connectivity index (χ1n) is 7.92. The second kappa shape index (κ2) is 7.57. The molecule has 3 N–H and O–H groups in total. The monoisotopic (exact) mass is 312 g/mol. The molecule has 118 valence electrons. The van der Waals surface area contributed by atoms with Gasteiger partial charge in [0.05, 0.1) is 5.02 Å². The van der Waals surface area contributed by atoms with Gasteiger partial charge in [-0.2, -0.15) is 0 Å². The molecule has 1 unspecified atom stereocenters. The average molecular weight is 313 g/mol. The average Bonchev–Trinajstić information content (AvgIpc) is 2.49. The summed E-state index contributed by atoms with van der Waals surface area (Å²) in [4.78, 5) is 0. The lowest BCUT2D eigenvalue weighted by Crippen LogP contribution is -2.44.